The molecule has 3 saturated heterocycles. The molecule has 0 aromatic rings. The van der Waals surface area contributed by atoms with Crippen molar-refractivity contribution in [3.05, 3.63) is 0 Å². The molecule has 1 spiro atoms. The summed E-state index contributed by atoms with van der Waals surface area (Å²) in [6, 6.07) is 0.535. The molecule has 3 heterocycles. The van der Waals surface area contributed by atoms with Gasteiger partial charge in [-0.25, -0.2) is 0 Å². The minimum atomic E-state index is -0.0145. The van der Waals surface area contributed by atoms with Crippen LogP contribution in [0, 0.1) is 5.41 Å². The highest BCUT2D eigenvalue weighted by molar-refractivity contribution is 5.73. The van der Waals surface area contributed by atoms with Crippen LogP contribution in [0.4, 0.5) is 0 Å². The molecule has 0 saturated carbocycles. The van der Waals surface area contributed by atoms with Crippen molar-refractivity contribution >= 4 is 5.97 Å². The maximum atomic E-state index is 11.5. The van der Waals surface area contributed by atoms with E-state index < -0.39 is 0 Å². The third-order valence-electron chi connectivity index (χ3n) is 4.45. The van der Waals surface area contributed by atoms with Crippen molar-refractivity contribution in [2.75, 3.05) is 39.3 Å². The Morgan fingerprint density at radius 3 is 2.94 bits per heavy atom. The number of rotatable bonds is 2. The van der Waals surface area contributed by atoms with Crippen LogP contribution in [0.15, 0.2) is 0 Å². The van der Waals surface area contributed by atoms with Gasteiger partial charge >= 0.3 is 5.97 Å². The van der Waals surface area contributed by atoms with E-state index in [0.717, 1.165) is 39.3 Å². The van der Waals surface area contributed by atoms with Crippen LogP contribution in [0.3, 0.4) is 0 Å². The van der Waals surface area contributed by atoms with Crippen LogP contribution in [0.5, 0.6) is 0 Å². The number of hydrogen-bond donors (Lipinski definition) is 2. The molecule has 3 rings (SSSR count). The summed E-state index contributed by atoms with van der Waals surface area (Å²) >= 11 is 0. The number of hydrogen-bond acceptors (Lipinski definition) is 5. The molecule has 17 heavy (non-hydrogen) atoms. The number of carbonyl (C=O) groups is 1. The average molecular weight is 239 g/mol. The summed E-state index contributed by atoms with van der Waals surface area (Å²) in [6.07, 6.45) is 0.697. The highest BCUT2D eigenvalue weighted by Crippen LogP contribution is 2.39. The maximum absolute atomic E-state index is 11.5. The summed E-state index contributed by atoms with van der Waals surface area (Å²) in [5, 5.41) is 6.66. The van der Waals surface area contributed by atoms with Gasteiger partial charge in [0.1, 0.15) is 6.10 Å². The molecule has 3 aliphatic heterocycles. The summed E-state index contributed by atoms with van der Waals surface area (Å²) in [7, 11) is 0. The summed E-state index contributed by atoms with van der Waals surface area (Å²) < 4.78 is 5.53. The highest BCUT2D eigenvalue weighted by atomic mass is 16.6. The second-order valence-corrected chi connectivity index (χ2v) is 5.67. The predicted molar refractivity (Wildman–Crippen MR) is 63.7 cm³/mol. The Bertz CT molecular complexity index is 317. The molecule has 0 amide bonds. The number of esters is 1. The van der Waals surface area contributed by atoms with E-state index >= 15 is 0 Å². The topological polar surface area (TPSA) is 53.6 Å². The normalized spacial score (nSPS) is 36.9. The summed E-state index contributed by atoms with van der Waals surface area (Å²) in [4.78, 5) is 13.9. The number of nitrogens with zero attached hydrogens (tertiary/aromatic N) is 1. The molecule has 2 atom stereocenters. The van der Waals surface area contributed by atoms with Gasteiger partial charge in [-0.05, 0) is 6.92 Å². The first-order chi connectivity index (χ1) is 8.20. The lowest BCUT2D eigenvalue weighted by Gasteiger charge is -2.44. The minimum absolute atomic E-state index is 0.0145. The van der Waals surface area contributed by atoms with Crippen molar-refractivity contribution in [1.29, 1.82) is 0 Å². The molecule has 2 N–H and O–H groups in total. The first kappa shape index (κ1) is 11.4. The molecule has 0 aromatic heterocycles. The Hall–Kier alpha value is -0.650. The van der Waals surface area contributed by atoms with Gasteiger partial charge in [-0.1, -0.05) is 0 Å². The lowest BCUT2D eigenvalue weighted by molar-refractivity contribution is -0.143. The van der Waals surface area contributed by atoms with E-state index in [-0.39, 0.29) is 17.5 Å². The van der Waals surface area contributed by atoms with Gasteiger partial charge in [0.15, 0.2) is 0 Å². The molecular weight excluding hydrogens is 218 g/mol. The molecule has 96 valence electrons. The fourth-order valence-electron chi connectivity index (χ4n) is 3.12. The standard InChI is InChI=1S/C12H21N3O2/c1-9-5-13-2-3-15(9)6-10-12(7-14-8-12)4-11(16)17-10/h9-10,13-14H,2-8H2,1H3. The van der Waals surface area contributed by atoms with E-state index in [1.54, 1.807) is 0 Å². The molecule has 5 heteroatoms. The van der Waals surface area contributed by atoms with E-state index in [4.69, 9.17) is 4.74 Å². The molecule has 0 bridgehead atoms. The van der Waals surface area contributed by atoms with Crippen LogP contribution >= 0.6 is 0 Å². The molecule has 0 aromatic carbocycles. The summed E-state index contributed by atoms with van der Waals surface area (Å²) in [6.45, 7) is 8.12. The summed E-state index contributed by atoms with van der Waals surface area (Å²) in [5.74, 6) is -0.0145. The quantitative estimate of drug-likeness (QED) is 0.617. The lowest BCUT2D eigenvalue weighted by Crippen LogP contribution is -2.61. The largest absolute Gasteiger partial charge is 0.460 e. The van der Waals surface area contributed by atoms with E-state index in [1.807, 2.05) is 0 Å². The zero-order valence-corrected chi connectivity index (χ0v) is 10.4. The molecule has 0 radical (unpaired) electrons. The molecule has 3 fully saturated rings. The van der Waals surface area contributed by atoms with Gasteiger partial charge in [-0.15, -0.1) is 0 Å². The van der Waals surface area contributed by atoms with Crippen LogP contribution in [0.2, 0.25) is 0 Å². The van der Waals surface area contributed by atoms with Crippen LogP contribution in [-0.2, 0) is 9.53 Å². The van der Waals surface area contributed by atoms with Crippen molar-refractivity contribution in [2.45, 2.75) is 25.5 Å². The van der Waals surface area contributed by atoms with Crippen molar-refractivity contribution in [2.24, 2.45) is 5.41 Å². The van der Waals surface area contributed by atoms with Gasteiger partial charge in [0, 0.05) is 50.7 Å². The first-order valence-electron chi connectivity index (χ1n) is 6.55. The van der Waals surface area contributed by atoms with Gasteiger partial charge in [0.25, 0.3) is 0 Å². The van der Waals surface area contributed by atoms with Gasteiger partial charge in [0.05, 0.1) is 6.42 Å². The Kier molecular flexibility index (Phi) is 2.84. The van der Waals surface area contributed by atoms with E-state index in [9.17, 15) is 4.79 Å². The molecule has 5 nitrogen and oxygen atoms in total. The third kappa shape index (κ3) is 1.96. The zero-order valence-electron chi connectivity index (χ0n) is 10.4. The minimum Gasteiger partial charge on any atom is -0.460 e. The van der Waals surface area contributed by atoms with Gasteiger partial charge in [-0.2, -0.15) is 0 Å². The number of carbonyl (C=O) groups excluding carboxylic acids is 1. The molecule has 3 aliphatic rings. The number of piperazine rings is 1. The Balaban J connectivity index is 1.65. The van der Waals surface area contributed by atoms with Crippen LogP contribution in [-0.4, -0.2) is 62.3 Å². The van der Waals surface area contributed by atoms with Crippen molar-refractivity contribution < 1.29 is 9.53 Å². The van der Waals surface area contributed by atoms with Crippen LogP contribution < -0.4 is 10.6 Å². The van der Waals surface area contributed by atoms with Gasteiger partial charge < -0.3 is 15.4 Å². The fraction of sp³-hybridized carbons (Fsp3) is 0.917. The average Bonchev–Trinajstić information content (AvgIpc) is 2.58. The Morgan fingerprint density at radius 2 is 2.29 bits per heavy atom. The number of cyclic esters (lactones) is 1. The smallest absolute Gasteiger partial charge is 0.306 e. The molecular formula is C12H21N3O2. The van der Waals surface area contributed by atoms with E-state index in [2.05, 4.69) is 22.5 Å². The second-order valence-electron chi connectivity index (χ2n) is 5.67. The van der Waals surface area contributed by atoms with Gasteiger partial charge in [-0.3, -0.25) is 9.69 Å². The van der Waals surface area contributed by atoms with Crippen LogP contribution in [0.25, 0.3) is 0 Å². The lowest BCUT2D eigenvalue weighted by atomic mass is 9.75. The Labute approximate surface area is 102 Å². The SMILES string of the molecule is CC1CNCCN1CC1OC(=O)CC12CNC2. The summed E-state index contributed by atoms with van der Waals surface area (Å²) in [5.41, 5.74) is 0.0989. The van der Waals surface area contributed by atoms with E-state index in [0.29, 0.717) is 12.5 Å². The molecule has 0 aliphatic carbocycles. The zero-order chi connectivity index (χ0) is 11.9. The van der Waals surface area contributed by atoms with Crippen molar-refractivity contribution in [3.63, 3.8) is 0 Å². The first-order valence-corrected chi connectivity index (χ1v) is 6.55. The highest BCUT2D eigenvalue weighted by Gasteiger charge is 2.53. The predicted octanol–water partition coefficient (Wildman–Crippen LogP) is -0.815. The van der Waals surface area contributed by atoms with Crippen LogP contribution in [0.1, 0.15) is 13.3 Å². The maximum Gasteiger partial charge on any atom is 0.306 e. The van der Waals surface area contributed by atoms with E-state index in [1.165, 1.54) is 0 Å². The number of nitrogens with one attached hydrogen (secondary N) is 2. The van der Waals surface area contributed by atoms with Crippen molar-refractivity contribution in [1.82, 2.24) is 15.5 Å². The monoisotopic (exact) mass is 239 g/mol. The second kappa shape index (κ2) is 4.23. The number of ether oxygens (including phenoxy) is 1. The van der Waals surface area contributed by atoms with Gasteiger partial charge in [0.2, 0.25) is 0 Å². The Morgan fingerprint density at radius 1 is 1.47 bits per heavy atom. The fourth-order valence-corrected chi connectivity index (χ4v) is 3.12. The molecule has 2 unspecified atom stereocenters. The third-order valence-corrected chi connectivity index (χ3v) is 4.45. The van der Waals surface area contributed by atoms with Crippen molar-refractivity contribution in [3.8, 4) is 0 Å².